The first-order valence-corrected chi connectivity index (χ1v) is 7.74. The van der Waals surface area contributed by atoms with Crippen LogP contribution < -0.4 is 0 Å². The Morgan fingerprint density at radius 3 is 2.91 bits per heavy atom. The molecule has 1 aliphatic rings. The number of rotatable bonds is 4. The second kappa shape index (κ2) is 6.98. The highest BCUT2D eigenvalue weighted by Crippen LogP contribution is 2.14. The lowest BCUT2D eigenvalue weighted by molar-refractivity contribution is 0.121. The predicted octanol–water partition coefficient (Wildman–Crippen LogP) is 1.21. The number of hydrogen-bond donors (Lipinski definition) is 0. The Balaban J connectivity index is 1.62. The van der Waals surface area contributed by atoms with Gasteiger partial charge in [-0.15, -0.1) is 0 Å². The van der Waals surface area contributed by atoms with Crippen molar-refractivity contribution < 1.29 is 4.74 Å². The van der Waals surface area contributed by atoms with Gasteiger partial charge in [-0.1, -0.05) is 0 Å². The molecule has 0 amide bonds. The zero-order chi connectivity index (χ0) is 15.4. The maximum Gasteiger partial charge on any atom is 0.122 e. The molecule has 1 fully saturated rings. The molecule has 0 unspecified atom stereocenters. The van der Waals surface area contributed by atoms with Gasteiger partial charge in [-0.3, -0.25) is 14.9 Å². The topological polar surface area (TPSA) is 56.1 Å². The summed E-state index contributed by atoms with van der Waals surface area (Å²) in [4.78, 5) is 15.6. The molecule has 3 rings (SSSR count). The molecule has 0 bridgehead atoms. The third-order valence-electron chi connectivity index (χ3n) is 4.04. The SMILES string of the molecule is Cc1cnc(C[C@H]2COCCN(Cc3nccn3C)C2)cn1. The third-order valence-corrected chi connectivity index (χ3v) is 4.04. The second-order valence-electron chi connectivity index (χ2n) is 5.98. The zero-order valence-electron chi connectivity index (χ0n) is 13.3. The number of hydrogen-bond acceptors (Lipinski definition) is 5. The summed E-state index contributed by atoms with van der Waals surface area (Å²) >= 11 is 0. The van der Waals surface area contributed by atoms with Crippen molar-refractivity contribution in [2.45, 2.75) is 19.9 Å². The molecule has 6 nitrogen and oxygen atoms in total. The van der Waals surface area contributed by atoms with E-state index in [2.05, 4.69) is 24.4 Å². The van der Waals surface area contributed by atoms with Gasteiger partial charge in [-0.2, -0.15) is 0 Å². The van der Waals surface area contributed by atoms with E-state index < -0.39 is 0 Å². The van der Waals surface area contributed by atoms with Crippen molar-refractivity contribution in [1.29, 1.82) is 0 Å². The number of aryl methyl sites for hydroxylation is 2. The van der Waals surface area contributed by atoms with Crippen LogP contribution in [0.15, 0.2) is 24.8 Å². The number of aromatic nitrogens is 4. The van der Waals surface area contributed by atoms with Crippen LogP contribution in [0.25, 0.3) is 0 Å². The molecule has 22 heavy (non-hydrogen) atoms. The second-order valence-corrected chi connectivity index (χ2v) is 5.98. The van der Waals surface area contributed by atoms with Crippen LogP contribution in [-0.2, 0) is 24.8 Å². The molecule has 118 valence electrons. The van der Waals surface area contributed by atoms with Crippen molar-refractivity contribution in [3.63, 3.8) is 0 Å². The molecule has 0 saturated carbocycles. The van der Waals surface area contributed by atoms with E-state index in [1.807, 2.05) is 38.8 Å². The molecule has 0 N–H and O–H groups in total. The lowest BCUT2D eigenvalue weighted by atomic mass is 10.0. The van der Waals surface area contributed by atoms with E-state index in [-0.39, 0.29) is 0 Å². The van der Waals surface area contributed by atoms with Crippen LogP contribution in [0.3, 0.4) is 0 Å². The van der Waals surface area contributed by atoms with Gasteiger partial charge >= 0.3 is 0 Å². The molecular formula is C16H23N5O. The molecule has 0 aromatic carbocycles. The van der Waals surface area contributed by atoms with Gasteiger partial charge in [0.05, 0.1) is 31.1 Å². The maximum absolute atomic E-state index is 5.77. The largest absolute Gasteiger partial charge is 0.380 e. The van der Waals surface area contributed by atoms with Gasteiger partial charge in [0.15, 0.2) is 0 Å². The third kappa shape index (κ3) is 3.90. The molecule has 3 heterocycles. The van der Waals surface area contributed by atoms with Crippen LogP contribution in [0.2, 0.25) is 0 Å². The van der Waals surface area contributed by atoms with E-state index in [9.17, 15) is 0 Å². The molecule has 1 saturated heterocycles. The van der Waals surface area contributed by atoms with Crippen molar-refractivity contribution in [2.24, 2.45) is 13.0 Å². The first kappa shape index (κ1) is 15.1. The van der Waals surface area contributed by atoms with Gasteiger partial charge in [0.2, 0.25) is 0 Å². The van der Waals surface area contributed by atoms with Crippen molar-refractivity contribution in [1.82, 2.24) is 24.4 Å². The molecule has 6 heteroatoms. The highest BCUT2D eigenvalue weighted by Gasteiger charge is 2.20. The minimum atomic E-state index is 0.444. The average Bonchev–Trinajstić information content (AvgIpc) is 2.78. The Morgan fingerprint density at radius 1 is 1.27 bits per heavy atom. The monoisotopic (exact) mass is 301 g/mol. The van der Waals surface area contributed by atoms with Crippen molar-refractivity contribution in [3.8, 4) is 0 Å². The molecule has 2 aromatic heterocycles. The summed E-state index contributed by atoms with van der Waals surface area (Å²) in [5.74, 6) is 1.54. The van der Waals surface area contributed by atoms with Crippen molar-refractivity contribution in [2.75, 3.05) is 26.3 Å². The highest BCUT2D eigenvalue weighted by atomic mass is 16.5. The Hall–Kier alpha value is -1.79. The standard InChI is InChI=1S/C16H23N5O/c1-13-8-19-15(9-18-13)7-14-10-21(5-6-22-12-14)11-16-17-3-4-20(16)2/h3-4,8-9,14H,5-7,10-12H2,1-2H3/t14-/m1/s1. The van der Waals surface area contributed by atoms with E-state index in [1.54, 1.807) is 0 Å². The number of ether oxygens (including phenoxy) is 1. The summed E-state index contributed by atoms with van der Waals surface area (Å²) in [5, 5.41) is 0. The molecule has 0 aliphatic carbocycles. The summed E-state index contributed by atoms with van der Waals surface area (Å²) in [6.07, 6.45) is 8.46. The van der Waals surface area contributed by atoms with E-state index in [0.717, 1.165) is 56.5 Å². The van der Waals surface area contributed by atoms with Crippen LogP contribution in [0, 0.1) is 12.8 Å². The van der Waals surface area contributed by atoms with E-state index in [0.29, 0.717) is 5.92 Å². The first-order valence-electron chi connectivity index (χ1n) is 7.74. The Morgan fingerprint density at radius 2 is 2.18 bits per heavy atom. The maximum atomic E-state index is 5.77. The fourth-order valence-corrected chi connectivity index (χ4v) is 2.79. The quantitative estimate of drug-likeness (QED) is 0.849. The van der Waals surface area contributed by atoms with Crippen LogP contribution in [-0.4, -0.2) is 50.7 Å². The van der Waals surface area contributed by atoms with Gasteiger partial charge in [0.1, 0.15) is 5.82 Å². The fourth-order valence-electron chi connectivity index (χ4n) is 2.79. The van der Waals surface area contributed by atoms with Crippen molar-refractivity contribution >= 4 is 0 Å². The lowest BCUT2D eigenvalue weighted by Gasteiger charge is -2.22. The summed E-state index contributed by atoms with van der Waals surface area (Å²) in [5.41, 5.74) is 2.00. The van der Waals surface area contributed by atoms with Gasteiger partial charge in [-0.25, -0.2) is 4.98 Å². The number of imidazole rings is 1. The molecular weight excluding hydrogens is 278 g/mol. The Kier molecular flexibility index (Phi) is 4.80. The molecule has 1 aliphatic heterocycles. The Bertz CT molecular complexity index is 595. The summed E-state index contributed by atoms with van der Waals surface area (Å²) in [6, 6.07) is 0. The van der Waals surface area contributed by atoms with Crippen LogP contribution in [0.1, 0.15) is 17.2 Å². The fraction of sp³-hybridized carbons (Fsp3) is 0.562. The van der Waals surface area contributed by atoms with Crippen LogP contribution in [0.5, 0.6) is 0 Å². The summed E-state index contributed by atoms with van der Waals surface area (Å²) < 4.78 is 7.84. The van der Waals surface area contributed by atoms with Gasteiger partial charge in [0, 0.05) is 50.8 Å². The zero-order valence-corrected chi connectivity index (χ0v) is 13.3. The Labute approximate surface area is 131 Å². The number of nitrogens with zero attached hydrogens (tertiary/aromatic N) is 5. The predicted molar refractivity (Wildman–Crippen MR) is 83.3 cm³/mol. The molecule has 0 radical (unpaired) electrons. The molecule has 0 spiro atoms. The minimum Gasteiger partial charge on any atom is -0.380 e. The van der Waals surface area contributed by atoms with Crippen LogP contribution in [0.4, 0.5) is 0 Å². The molecule has 1 atom stereocenters. The average molecular weight is 301 g/mol. The summed E-state index contributed by atoms with van der Waals surface area (Å²) in [7, 11) is 2.04. The minimum absolute atomic E-state index is 0.444. The van der Waals surface area contributed by atoms with Gasteiger partial charge < -0.3 is 9.30 Å². The smallest absolute Gasteiger partial charge is 0.122 e. The molecule has 2 aromatic rings. The lowest BCUT2D eigenvalue weighted by Crippen LogP contribution is -2.31. The van der Waals surface area contributed by atoms with Gasteiger partial charge in [-0.05, 0) is 13.3 Å². The van der Waals surface area contributed by atoms with Crippen LogP contribution >= 0.6 is 0 Å². The first-order chi connectivity index (χ1) is 10.7. The van der Waals surface area contributed by atoms with E-state index in [1.165, 1.54) is 0 Å². The van der Waals surface area contributed by atoms with E-state index in [4.69, 9.17) is 4.74 Å². The van der Waals surface area contributed by atoms with Gasteiger partial charge in [0.25, 0.3) is 0 Å². The van der Waals surface area contributed by atoms with Crippen molar-refractivity contribution in [3.05, 3.63) is 42.0 Å². The normalized spacial score (nSPS) is 20.0. The summed E-state index contributed by atoms with van der Waals surface area (Å²) in [6.45, 7) is 6.33. The highest BCUT2D eigenvalue weighted by molar-refractivity contribution is 5.02. The van der Waals surface area contributed by atoms with E-state index >= 15 is 0 Å².